The van der Waals surface area contributed by atoms with Crippen LogP contribution in [0, 0.1) is 12.7 Å². The van der Waals surface area contributed by atoms with Gasteiger partial charge in [-0.05, 0) is 31.2 Å². The first-order valence-electron chi connectivity index (χ1n) is 8.80. The van der Waals surface area contributed by atoms with E-state index in [1.54, 1.807) is 12.1 Å². The van der Waals surface area contributed by atoms with Gasteiger partial charge in [0.15, 0.2) is 0 Å². The van der Waals surface area contributed by atoms with Crippen LogP contribution in [-0.2, 0) is 16.2 Å². The number of oxime groups is 1. The highest BCUT2D eigenvalue weighted by atomic mass is 19.1. The molecular weight excluding hydrogens is 347 g/mol. The van der Waals surface area contributed by atoms with Crippen LogP contribution in [-0.4, -0.2) is 33.8 Å². The van der Waals surface area contributed by atoms with Gasteiger partial charge in [0, 0.05) is 25.1 Å². The first-order chi connectivity index (χ1) is 13.1. The van der Waals surface area contributed by atoms with Gasteiger partial charge in [-0.15, -0.1) is 0 Å². The molecule has 7 heteroatoms. The Balaban J connectivity index is 1.33. The molecule has 2 heterocycles. The standard InChI is InChI=1S/C20H19FN4O2/c1-13-23-16-7-2-3-8-18(16)25(13)10-9-22-20(26)19-12-17(24-27-19)14-5-4-6-15(21)11-14/h2-8,11,19H,9-10,12H2,1H3,(H,22,26)/t19-/m0/s1. The summed E-state index contributed by atoms with van der Waals surface area (Å²) in [5.74, 6) is 0.331. The third-order valence-electron chi connectivity index (χ3n) is 4.60. The number of hydrogen-bond acceptors (Lipinski definition) is 4. The maximum atomic E-state index is 13.3. The average molecular weight is 366 g/mol. The van der Waals surface area contributed by atoms with E-state index >= 15 is 0 Å². The molecule has 0 fully saturated rings. The molecule has 3 aromatic rings. The predicted molar refractivity (Wildman–Crippen MR) is 99.9 cm³/mol. The number of carbonyl (C=O) groups is 1. The van der Waals surface area contributed by atoms with E-state index in [1.807, 2.05) is 31.2 Å². The molecule has 27 heavy (non-hydrogen) atoms. The highest BCUT2D eigenvalue weighted by Crippen LogP contribution is 2.18. The van der Waals surface area contributed by atoms with E-state index in [1.165, 1.54) is 12.1 Å². The molecule has 4 rings (SSSR count). The van der Waals surface area contributed by atoms with Gasteiger partial charge in [-0.25, -0.2) is 9.37 Å². The molecule has 0 aliphatic carbocycles. The fraction of sp³-hybridized carbons (Fsp3) is 0.250. The summed E-state index contributed by atoms with van der Waals surface area (Å²) in [6.45, 7) is 3.01. The lowest BCUT2D eigenvalue weighted by Gasteiger charge is -2.11. The lowest BCUT2D eigenvalue weighted by molar-refractivity contribution is -0.131. The van der Waals surface area contributed by atoms with Gasteiger partial charge in [-0.1, -0.05) is 29.4 Å². The number of nitrogens with zero attached hydrogens (tertiary/aromatic N) is 3. The third-order valence-corrected chi connectivity index (χ3v) is 4.60. The summed E-state index contributed by atoms with van der Waals surface area (Å²) in [6.07, 6.45) is -0.369. The van der Waals surface area contributed by atoms with Gasteiger partial charge in [0.05, 0.1) is 16.7 Å². The van der Waals surface area contributed by atoms with Gasteiger partial charge in [-0.2, -0.15) is 0 Å². The van der Waals surface area contributed by atoms with E-state index in [9.17, 15) is 9.18 Å². The van der Waals surface area contributed by atoms with E-state index < -0.39 is 6.10 Å². The monoisotopic (exact) mass is 366 g/mol. The molecule has 2 aromatic carbocycles. The molecule has 6 nitrogen and oxygen atoms in total. The molecule has 0 unspecified atom stereocenters. The average Bonchev–Trinajstić information content (AvgIpc) is 3.27. The number of nitrogens with one attached hydrogen (secondary N) is 1. The molecule has 0 spiro atoms. The Labute approximate surface area is 155 Å². The van der Waals surface area contributed by atoms with Gasteiger partial charge >= 0.3 is 0 Å². The molecule has 1 N–H and O–H groups in total. The van der Waals surface area contributed by atoms with Crippen molar-refractivity contribution in [2.45, 2.75) is 26.0 Å². The van der Waals surface area contributed by atoms with E-state index in [4.69, 9.17) is 4.84 Å². The maximum absolute atomic E-state index is 13.3. The number of halogens is 1. The van der Waals surface area contributed by atoms with Gasteiger partial charge < -0.3 is 14.7 Å². The first kappa shape index (κ1) is 17.2. The molecule has 0 radical (unpaired) electrons. The van der Waals surface area contributed by atoms with Gasteiger partial charge in [0.2, 0.25) is 6.10 Å². The Morgan fingerprint density at radius 3 is 3.00 bits per heavy atom. The summed E-state index contributed by atoms with van der Waals surface area (Å²) < 4.78 is 15.4. The maximum Gasteiger partial charge on any atom is 0.264 e. The number of amides is 1. The minimum absolute atomic E-state index is 0.229. The SMILES string of the molecule is Cc1nc2ccccc2n1CCNC(=O)[C@@H]1CC(c2cccc(F)c2)=NO1. The van der Waals surface area contributed by atoms with Crippen molar-refractivity contribution in [1.82, 2.24) is 14.9 Å². The van der Waals surface area contributed by atoms with Gasteiger partial charge in [0.1, 0.15) is 11.6 Å². The number of imidazole rings is 1. The van der Waals surface area contributed by atoms with Gasteiger partial charge in [-0.3, -0.25) is 4.79 Å². The Morgan fingerprint density at radius 2 is 2.15 bits per heavy atom. The topological polar surface area (TPSA) is 68.5 Å². The Kier molecular flexibility index (Phi) is 4.58. The van der Waals surface area contributed by atoms with E-state index in [0.29, 0.717) is 30.8 Å². The van der Waals surface area contributed by atoms with Crippen molar-refractivity contribution in [3.8, 4) is 0 Å². The Morgan fingerprint density at radius 1 is 1.30 bits per heavy atom. The first-order valence-corrected chi connectivity index (χ1v) is 8.80. The molecule has 0 saturated carbocycles. The second-order valence-corrected chi connectivity index (χ2v) is 6.44. The number of carbonyl (C=O) groups excluding carboxylic acids is 1. The molecule has 138 valence electrons. The predicted octanol–water partition coefficient (Wildman–Crippen LogP) is 2.79. The Hall–Kier alpha value is -3.22. The number of aromatic nitrogens is 2. The van der Waals surface area contributed by atoms with Crippen molar-refractivity contribution in [2.75, 3.05) is 6.54 Å². The van der Waals surface area contributed by atoms with Crippen LogP contribution in [0.25, 0.3) is 11.0 Å². The number of para-hydroxylation sites is 2. The number of rotatable bonds is 5. The summed E-state index contributed by atoms with van der Waals surface area (Å²) in [5.41, 5.74) is 3.18. The molecule has 1 amide bonds. The molecule has 1 atom stereocenters. The van der Waals surface area contributed by atoms with Crippen molar-refractivity contribution >= 4 is 22.7 Å². The van der Waals surface area contributed by atoms with Crippen LogP contribution in [0.15, 0.2) is 53.7 Å². The molecule has 0 saturated heterocycles. The minimum Gasteiger partial charge on any atom is -0.382 e. The molecular formula is C20H19FN4O2. The fourth-order valence-electron chi connectivity index (χ4n) is 3.24. The van der Waals surface area contributed by atoms with Crippen LogP contribution in [0.5, 0.6) is 0 Å². The quantitative estimate of drug-likeness (QED) is 0.755. The Bertz CT molecular complexity index is 1030. The highest BCUT2D eigenvalue weighted by Gasteiger charge is 2.28. The minimum atomic E-state index is -0.691. The smallest absolute Gasteiger partial charge is 0.264 e. The largest absolute Gasteiger partial charge is 0.382 e. The second kappa shape index (κ2) is 7.19. The zero-order chi connectivity index (χ0) is 18.8. The molecule has 1 aromatic heterocycles. The van der Waals surface area contributed by atoms with E-state index in [0.717, 1.165) is 16.9 Å². The molecule has 0 bridgehead atoms. The van der Waals surface area contributed by atoms with Crippen LogP contribution in [0.3, 0.4) is 0 Å². The molecule has 1 aliphatic rings. The summed E-state index contributed by atoms with van der Waals surface area (Å²) >= 11 is 0. The third kappa shape index (κ3) is 3.53. The van der Waals surface area contributed by atoms with Crippen molar-refractivity contribution in [3.63, 3.8) is 0 Å². The number of fused-ring (bicyclic) bond motifs is 1. The lowest BCUT2D eigenvalue weighted by Crippen LogP contribution is -2.36. The number of benzene rings is 2. The van der Waals surface area contributed by atoms with Crippen LogP contribution in [0.2, 0.25) is 0 Å². The van der Waals surface area contributed by atoms with Gasteiger partial charge in [0.25, 0.3) is 5.91 Å². The van der Waals surface area contributed by atoms with Crippen LogP contribution in [0.1, 0.15) is 17.8 Å². The van der Waals surface area contributed by atoms with Crippen molar-refractivity contribution in [1.29, 1.82) is 0 Å². The van der Waals surface area contributed by atoms with Crippen molar-refractivity contribution in [2.24, 2.45) is 5.16 Å². The summed E-state index contributed by atoms with van der Waals surface area (Å²) in [4.78, 5) is 22.1. The second-order valence-electron chi connectivity index (χ2n) is 6.44. The highest BCUT2D eigenvalue weighted by molar-refractivity contribution is 6.04. The fourth-order valence-corrected chi connectivity index (χ4v) is 3.24. The summed E-state index contributed by atoms with van der Waals surface area (Å²) in [5, 5.41) is 6.81. The normalized spacial score (nSPS) is 16.2. The molecule has 1 aliphatic heterocycles. The number of hydrogen-bond donors (Lipinski definition) is 1. The van der Waals surface area contributed by atoms with Crippen LogP contribution in [0.4, 0.5) is 4.39 Å². The summed E-state index contributed by atoms with van der Waals surface area (Å²) in [6, 6.07) is 14.0. The zero-order valence-corrected chi connectivity index (χ0v) is 14.9. The van der Waals surface area contributed by atoms with Crippen LogP contribution < -0.4 is 5.32 Å². The lowest BCUT2D eigenvalue weighted by atomic mass is 10.0. The van der Waals surface area contributed by atoms with Crippen molar-refractivity contribution in [3.05, 3.63) is 65.7 Å². The van der Waals surface area contributed by atoms with E-state index in [-0.39, 0.29) is 11.7 Å². The van der Waals surface area contributed by atoms with E-state index in [2.05, 4.69) is 20.0 Å². The summed E-state index contributed by atoms with van der Waals surface area (Å²) in [7, 11) is 0. The van der Waals surface area contributed by atoms with Crippen molar-refractivity contribution < 1.29 is 14.0 Å². The van der Waals surface area contributed by atoms with Crippen LogP contribution >= 0.6 is 0 Å². The number of aryl methyl sites for hydroxylation is 1. The zero-order valence-electron chi connectivity index (χ0n) is 14.9.